The summed E-state index contributed by atoms with van der Waals surface area (Å²) in [6, 6.07) is 3.00. The molecule has 3 aliphatic rings. The van der Waals surface area contributed by atoms with Gasteiger partial charge in [-0.3, -0.25) is 14.4 Å². The van der Waals surface area contributed by atoms with E-state index in [0.29, 0.717) is 32.2 Å². The number of hydrogen-bond acceptors (Lipinski definition) is 11. The number of ketones is 2. The molecule has 0 spiro atoms. The van der Waals surface area contributed by atoms with Gasteiger partial charge in [-0.05, 0) is 63.0 Å². The van der Waals surface area contributed by atoms with Crippen LogP contribution in [0.5, 0.6) is 0 Å². The number of ether oxygens (including phenoxy) is 4. The first-order valence-electron chi connectivity index (χ1n) is 18.6. The number of aliphatic hydroxyl groups is 1. The normalized spacial score (nSPS) is 36.8. The van der Waals surface area contributed by atoms with Gasteiger partial charge < -0.3 is 33.5 Å². The lowest BCUT2D eigenvalue weighted by molar-refractivity contribution is -0.284. The first-order chi connectivity index (χ1) is 24.0. The Bertz CT molecular complexity index is 1580. The molecule has 0 bridgehead atoms. The average Bonchev–Trinajstić information content (AvgIpc) is 3.65. The van der Waals surface area contributed by atoms with Gasteiger partial charge in [0.1, 0.15) is 29.4 Å². The van der Waals surface area contributed by atoms with Crippen LogP contribution in [-0.2, 0) is 39.9 Å². The molecule has 51 heavy (non-hydrogen) atoms. The molecule has 0 saturated carbocycles. The minimum atomic E-state index is -1.14. The summed E-state index contributed by atoms with van der Waals surface area (Å²) in [4.78, 5) is 66.1. The van der Waals surface area contributed by atoms with E-state index in [0.717, 1.165) is 11.2 Å². The summed E-state index contributed by atoms with van der Waals surface area (Å²) in [5, 5.41) is 11.0. The van der Waals surface area contributed by atoms with Crippen LogP contribution in [0.3, 0.4) is 0 Å². The number of aliphatic hydroxyl groups excluding tert-OH is 1. The zero-order valence-corrected chi connectivity index (χ0v) is 31.5. The molecule has 0 aromatic carbocycles. The van der Waals surface area contributed by atoms with E-state index in [-0.39, 0.29) is 30.1 Å². The molecule has 1 N–H and O–H groups in total. The van der Waals surface area contributed by atoms with Gasteiger partial charge in [0.25, 0.3) is 0 Å². The number of aromatic nitrogens is 3. The average molecular weight is 713 g/mol. The number of pyridine rings is 1. The molecule has 0 unspecified atom stereocenters. The van der Waals surface area contributed by atoms with E-state index in [4.69, 9.17) is 18.9 Å². The molecular weight excluding hydrogens is 656 g/mol. The summed E-state index contributed by atoms with van der Waals surface area (Å²) < 4.78 is 26.4. The van der Waals surface area contributed by atoms with Gasteiger partial charge in [0.2, 0.25) is 0 Å². The van der Waals surface area contributed by atoms with Crippen molar-refractivity contribution in [2.45, 2.75) is 137 Å². The molecule has 282 valence electrons. The van der Waals surface area contributed by atoms with Crippen molar-refractivity contribution >= 4 is 34.8 Å². The third kappa shape index (κ3) is 8.00. The Kier molecular flexibility index (Phi) is 11.9. The summed E-state index contributed by atoms with van der Waals surface area (Å²) in [6.07, 6.45) is 0.0485. The quantitative estimate of drug-likeness (QED) is 0.305. The second-order valence-corrected chi connectivity index (χ2v) is 15.8. The first-order valence-corrected chi connectivity index (χ1v) is 18.6. The topological polar surface area (TPSA) is 159 Å². The number of fused-ring (bicyclic) bond motifs is 2. The van der Waals surface area contributed by atoms with Crippen molar-refractivity contribution in [3.63, 3.8) is 0 Å². The van der Waals surface area contributed by atoms with E-state index in [9.17, 15) is 24.3 Å². The van der Waals surface area contributed by atoms with Gasteiger partial charge in [-0.25, -0.2) is 14.8 Å². The smallest absolute Gasteiger partial charge is 0.410 e. The van der Waals surface area contributed by atoms with Crippen molar-refractivity contribution in [2.75, 3.05) is 6.54 Å². The number of amides is 1. The van der Waals surface area contributed by atoms with E-state index < -0.39 is 77.9 Å². The molecule has 5 heterocycles. The zero-order valence-electron chi connectivity index (χ0n) is 31.5. The number of carbonyl (C=O) groups is 4. The van der Waals surface area contributed by atoms with Crippen LogP contribution in [0.1, 0.15) is 88.0 Å². The minimum Gasteiger partial charge on any atom is -0.458 e. The molecule has 3 saturated heterocycles. The standard InChI is InChI=1S/C38H56N4O9/c1-10-27-32-28(42(37(47)50-32)16-12-15-41-19-40-26-13-11-14-39-34(26)41)23(5)29(43)21(3)18-38(8,9)33(24(6)31(45)25(7)35(46)49-27)51-36-30(44)20(2)17-22(4)48-36/h11,13-14,19-25,27-28,30,32-33,36,44H,10,12,15-18H2,1-9H3/t20-,21+,22+,23+,24-,25+,27+,28+,30+,32+,33+,36-/m0/s1. The Morgan fingerprint density at radius 3 is 2.41 bits per heavy atom. The highest BCUT2D eigenvalue weighted by molar-refractivity contribution is 6.00. The monoisotopic (exact) mass is 712 g/mol. The predicted molar refractivity (Wildman–Crippen MR) is 187 cm³/mol. The van der Waals surface area contributed by atoms with Crippen molar-refractivity contribution in [1.82, 2.24) is 19.4 Å². The second-order valence-electron chi connectivity index (χ2n) is 15.8. The Morgan fingerprint density at radius 2 is 1.71 bits per heavy atom. The van der Waals surface area contributed by atoms with Crippen molar-refractivity contribution in [3.05, 3.63) is 24.7 Å². The van der Waals surface area contributed by atoms with E-state index in [1.54, 1.807) is 24.3 Å². The van der Waals surface area contributed by atoms with Crippen LogP contribution in [-0.4, -0.2) is 97.6 Å². The van der Waals surface area contributed by atoms with Crippen LogP contribution in [0.25, 0.3) is 11.2 Å². The highest BCUT2D eigenvalue weighted by Crippen LogP contribution is 2.41. The van der Waals surface area contributed by atoms with Gasteiger partial charge >= 0.3 is 12.1 Å². The predicted octanol–water partition coefficient (Wildman–Crippen LogP) is 4.96. The lowest BCUT2D eigenvalue weighted by Gasteiger charge is -2.45. The highest BCUT2D eigenvalue weighted by atomic mass is 16.7. The molecule has 13 nitrogen and oxygen atoms in total. The Balaban J connectivity index is 1.44. The maximum atomic E-state index is 14.4. The molecule has 2 aromatic rings. The number of cyclic esters (lactones) is 1. The molecule has 3 fully saturated rings. The summed E-state index contributed by atoms with van der Waals surface area (Å²) in [5.41, 5.74) is 0.734. The fraction of sp³-hybridized carbons (Fsp3) is 0.737. The fourth-order valence-corrected chi connectivity index (χ4v) is 8.56. The molecule has 1 amide bonds. The number of carbonyl (C=O) groups excluding carboxylic acids is 4. The van der Waals surface area contributed by atoms with Crippen molar-refractivity contribution in [3.8, 4) is 0 Å². The number of Topliss-reactive ketones (excluding diaryl/α,β-unsaturated/α-hetero) is 2. The molecular formula is C38H56N4O9. The lowest BCUT2D eigenvalue weighted by Crippen LogP contribution is -2.53. The van der Waals surface area contributed by atoms with Gasteiger partial charge in [-0.1, -0.05) is 48.5 Å². The van der Waals surface area contributed by atoms with Crippen molar-refractivity contribution in [2.24, 2.45) is 35.0 Å². The largest absolute Gasteiger partial charge is 0.458 e. The van der Waals surface area contributed by atoms with Gasteiger partial charge in [0.15, 0.2) is 23.8 Å². The van der Waals surface area contributed by atoms with E-state index in [1.807, 2.05) is 65.2 Å². The maximum absolute atomic E-state index is 14.4. The fourth-order valence-electron chi connectivity index (χ4n) is 8.56. The van der Waals surface area contributed by atoms with Crippen LogP contribution in [0.2, 0.25) is 0 Å². The highest BCUT2D eigenvalue weighted by Gasteiger charge is 2.53. The van der Waals surface area contributed by atoms with Crippen LogP contribution < -0.4 is 0 Å². The third-order valence-corrected chi connectivity index (χ3v) is 11.3. The lowest BCUT2D eigenvalue weighted by atomic mass is 9.70. The van der Waals surface area contributed by atoms with Crippen LogP contribution in [0.15, 0.2) is 24.7 Å². The van der Waals surface area contributed by atoms with Crippen molar-refractivity contribution in [1.29, 1.82) is 0 Å². The van der Waals surface area contributed by atoms with Gasteiger partial charge in [0, 0.05) is 37.0 Å². The molecule has 5 rings (SSSR count). The van der Waals surface area contributed by atoms with Gasteiger partial charge in [0.05, 0.1) is 24.6 Å². The van der Waals surface area contributed by atoms with Gasteiger partial charge in [-0.2, -0.15) is 0 Å². The van der Waals surface area contributed by atoms with Crippen LogP contribution in [0, 0.1) is 35.0 Å². The SMILES string of the molecule is CC[C@H]1OC(=O)[C@H](C)C(=O)[C@H](C)[C@@H](O[C@@H]2O[C@H](C)C[C@H](C)[C@H]2O)C(C)(C)C[C@@H](C)C(=O)[C@H](C)[C@@H]2[C@@H]1OC(=O)N2CCCn1cnc2cccnc21. The van der Waals surface area contributed by atoms with Crippen LogP contribution in [0.4, 0.5) is 4.79 Å². The molecule has 0 radical (unpaired) electrons. The molecule has 0 aliphatic carbocycles. The second kappa shape index (κ2) is 15.7. The van der Waals surface area contributed by atoms with E-state index in [2.05, 4.69) is 9.97 Å². The summed E-state index contributed by atoms with van der Waals surface area (Å²) in [5.74, 6) is -4.39. The molecule has 12 atom stereocenters. The minimum absolute atomic E-state index is 0.0771. The van der Waals surface area contributed by atoms with Crippen LogP contribution >= 0.6 is 0 Å². The first kappa shape index (κ1) is 38.8. The number of hydrogen-bond donors (Lipinski definition) is 1. The number of esters is 1. The third-order valence-electron chi connectivity index (χ3n) is 11.3. The zero-order chi connectivity index (χ0) is 37.4. The summed E-state index contributed by atoms with van der Waals surface area (Å²) >= 11 is 0. The molecule has 13 heteroatoms. The van der Waals surface area contributed by atoms with E-state index >= 15 is 0 Å². The Hall–Kier alpha value is -3.42. The van der Waals surface area contributed by atoms with Crippen molar-refractivity contribution < 1.29 is 43.2 Å². The Morgan fingerprint density at radius 1 is 0.980 bits per heavy atom. The summed E-state index contributed by atoms with van der Waals surface area (Å²) in [7, 11) is 0. The van der Waals surface area contributed by atoms with E-state index in [1.165, 1.54) is 6.92 Å². The van der Waals surface area contributed by atoms with Gasteiger partial charge in [-0.15, -0.1) is 0 Å². The molecule has 3 aliphatic heterocycles. The number of nitrogens with zero attached hydrogens (tertiary/aromatic N) is 4. The molecule has 2 aromatic heterocycles. The number of aryl methyl sites for hydroxylation is 1. The maximum Gasteiger partial charge on any atom is 0.410 e. The number of rotatable bonds is 7. The number of imidazole rings is 1. The summed E-state index contributed by atoms with van der Waals surface area (Å²) in [6.45, 7) is 17.3. The Labute approximate surface area is 300 Å².